The quantitative estimate of drug-likeness (QED) is 0.297. The molecular weight excluding hydrogens is 250 g/mol. The summed E-state index contributed by atoms with van der Waals surface area (Å²) in [7, 11) is -4.30. The minimum Gasteiger partial charge on any atom is -0.391 e. The summed E-state index contributed by atoms with van der Waals surface area (Å²) in [5, 5.41) is 25.9. The summed E-state index contributed by atoms with van der Waals surface area (Å²) in [5.41, 5.74) is 0. The van der Waals surface area contributed by atoms with Crippen LogP contribution in [0.5, 0.6) is 0 Å². The van der Waals surface area contributed by atoms with Gasteiger partial charge in [-0.05, 0) is 0 Å². The van der Waals surface area contributed by atoms with Gasteiger partial charge in [-0.15, -0.1) is 0 Å². The third kappa shape index (κ3) is 4.49. The lowest BCUT2D eigenvalue weighted by Crippen LogP contribution is -2.61. The van der Waals surface area contributed by atoms with Gasteiger partial charge in [-0.1, -0.05) is 6.92 Å². The van der Waals surface area contributed by atoms with Gasteiger partial charge in [0.2, 0.25) is 5.37 Å². The van der Waals surface area contributed by atoms with E-state index in [0.29, 0.717) is 0 Å². The molecule has 8 heteroatoms. The Kier molecular flexibility index (Phi) is 7.14. The van der Waals surface area contributed by atoms with Gasteiger partial charge < -0.3 is 19.8 Å². The Morgan fingerprint density at radius 3 is 1.53 bits per heavy atom. The Morgan fingerprint density at radius 1 is 1.00 bits per heavy atom. The van der Waals surface area contributed by atoms with Gasteiger partial charge in [0.05, 0.1) is 19.8 Å². The van der Waals surface area contributed by atoms with E-state index in [4.69, 9.17) is 15.3 Å². The minimum atomic E-state index is -4.30. The van der Waals surface area contributed by atoms with Gasteiger partial charge >= 0.3 is 10.1 Å². The van der Waals surface area contributed by atoms with Crippen LogP contribution in [0.3, 0.4) is 0 Å². The lowest BCUT2D eigenvalue weighted by Gasteiger charge is -2.41. The zero-order chi connectivity index (χ0) is 13.5. The Hall–Kier alpha value is -0.250. The molecule has 0 heterocycles. The van der Waals surface area contributed by atoms with Crippen LogP contribution in [0.15, 0.2) is 0 Å². The lowest BCUT2D eigenvalue weighted by molar-refractivity contribution is -0.939. The van der Waals surface area contributed by atoms with Crippen LogP contribution in [0.4, 0.5) is 0 Å². The minimum absolute atomic E-state index is 0.0550. The second-order valence-corrected chi connectivity index (χ2v) is 5.51. The summed E-state index contributed by atoms with van der Waals surface area (Å²) < 4.78 is 31.6. The second-order valence-electron chi connectivity index (χ2n) is 3.94. The van der Waals surface area contributed by atoms with E-state index in [9.17, 15) is 13.0 Å². The van der Waals surface area contributed by atoms with Gasteiger partial charge in [0, 0.05) is 6.42 Å². The molecule has 0 fully saturated rings. The van der Waals surface area contributed by atoms with E-state index in [0.717, 1.165) is 0 Å². The van der Waals surface area contributed by atoms with E-state index >= 15 is 0 Å². The summed E-state index contributed by atoms with van der Waals surface area (Å²) in [6, 6.07) is 0. The highest BCUT2D eigenvalue weighted by Gasteiger charge is 2.42. The third-order valence-electron chi connectivity index (χ3n) is 2.94. The maximum atomic E-state index is 11.3. The third-order valence-corrected chi connectivity index (χ3v) is 4.41. The molecule has 0 saturated heterocycles. The molecule has 0 amide bonds. The zero-order valence-corrected chi connectivity index (χ0v) is 10.8. The highest BCUT2D eigenvalue weighted by atomic mass is 32.2. The molecule has 0 aliphatic rings. The van der Waals surface area contributed by atoms with Crippen LogP contribution in [0.2, 0.25) is 0 Å². The van der Waals surface area contributed by atoms with Crippen molar-refractivity contribution in [1.82, 2.24) is 0 Å². The van der Waals surface area contributed by atoms with Crippen molar-refractivity contribution in [1.29, 1.82) is 0 Å². The van der Waals surface area contributed by atoms with Gasteiger partial charge in [0.25, 0.3) is 0 Å². The Morgan fingerprint density at radius 2 is 1.35 bits per heavy atom. The second kappa shape index (κ2) is 7.24. The van der Waals surface area contributed by atoms with Crippen LogP contribution in [0.1, 0.15) is 13.3 Å². The molecule has 1 unspecified atom stereocenters. The number of rotatable bonds is 9. The van der Waals surface area contributed by atoms with Crippen molar-refractivity contribution in [3.8, 4) is 0 Å². The lowest BCUT2D eigenvalue weighted by atomic mass is 10.2. The molecule has 0 spiro atoms. The zero-order valence-electron chi connectivity index (χ0n) is 9.99. The van der Waals surface area contributed by atoms with Crippen molar-refractivity contribution < 1.29 is 32.8 Å². The smallest absolute Gasteiger partial charge is 0.319 e. The fourth-order valence-corrected chi connectivity index (χ4v) is 3.55. The van der Waals surface area contributed by atoms with Gasteiger partial charge in [-0.3, -0.25) is 4.55 Å². The average Bonchev–Trinajstić information content (AvgIpc) is 2.17. The van der Waals surface area contributed by atoms with E-state index in [-0.39, 0.29) is 50.4 Å². The van der Waals surface area contributed by atoms with Crippen molar-refractivity contribution in [2.24, 2.45) is 0 Å². The van der Waals surface area contributed by atoms with Crippen LogP contribution < -0.4 is 0 Å². The van der Waals surface area contributed by atoms with Gasteiger partial charge in [-0.25, -0.2) is 0 Å². The van der Waals surface area contributed by atoms with Crippen LogP contribution in [0.25, 0.3) is 0 Å². The standard InChI is InChI=1S/C9H21NO6S/c1-2-9(17(14,15)16)10(3-6-11,4-7-12)5-8-13/h9,11-13H,2-8H2,1H3/p+1. The number of aliphatic hydroxyl groups is 3. The summed E-state index contributed by atoms with van der Waals surface area (Å²) >= 11 is 0. The number of hydrogen-bond acceptors (Lipinski definition) is 5. The molecule has 0 rings (SSSR count). The molecule has 0 aromatic heterocycles. The van der Waals surface area contributed by atoms with Crippen molar-refractivity contribution in [2.75, 3.05) is 39.5 Å². The molecule has 0 aliphatic carbocycles. The molecular formula is C9H22NO6S+. The van der Waals surface area contributed by atoms with E-state index in [2.05, 4.69) is 0 Å². The molecule has 0 aromatic carbocycles. The first kappa shape index (κ1) is 16.8. The first-order valence-electron chi connectivity index (χ1n) is 5.52. The normalized spacial score (nSPS) is 14.9. The molecule has 104 valence electrons. The van der Waals surface area contributed by atoms with Gasteiger partial charge in [-0.2, -0.15) is 8.42 Å². The topological polar surface area (TPSA) is 115 Å². The highest BCUT2D eigenvalue weighted by molar-refractivity contribution is 7.86. The molecule has 0 radical (unpaired) electrons. The first-order chi connectivity index (χ1) is 7.87. The first-order valence-corrected chi connectivity index (χ1v) is 7.03. The number of quaternary nitrogens is 1. The molecule has 17 heavy (non-hydrogen) atoms. The Balaban J connectivity index is 5.34. The number of aliphatic hydroxyl groups excluding tert-OH is 3. The maximum Gasteiger partial charge on any atom is 0.319 e. The van der Waals surface area contributed by atoms with Gasteiger partial charge in [0.15, 0.2) is 0 Å². The molecule has 1 atom stereocenters. The summed E-state index contributed by atoms with van der Waals surface area (Å²) in [6.45, 7) is 0.903. The van der Waals surface area contributed by atoms with Gasteiger partial charge in [0.1, 0.15) is 19.6 Å². The van der Waals surface area contributed by atoms with E-state index in [1.165, 1.54) is 0 Å². The summed E-state index contributed by atoms with van der Waals surface area (Å²) in [6.07, 6.45) is 0.138. The van der Waals surface area contributed by atoms with E-state index < -0.39 is 15.5 Å². The highest BCUT2D eigenvalue weighted by Crippen LogP contribution is 2.20. The fourth-order valence-electron chi connectivity index (χ4n) is 2.25. The van der Waals surface area contributed by atoms with Crippen LogP contribution >= 0.6 is 0 Å². The molecule has 0 bridgehead atoms. The van der Waals surface area contributed by atoms with Crippen LogP contribution in [-0.4, -0.2) is 77.6 Å². The number of hydrogen-bond donors (Lipinski definition) is 4. The average molecular weight is 272 g/mol. The summed E-state index contributed by atoms with van der Waals surface area (Å²) in [4.78, 5) is 0. The van der Waals surface area contributed by atoms with Crippen LogP contribution in [0, 0.1) is 0 Å². The molecule has 4 N–H and O–H groups in total. The van der Waals surface area contributed by atoms with Crippen molar-refractivity contribution >= 4 is 10.1 Å². The summed E-state index contributed by atoms with van der Waals surface area (Å²) in [5.74, 6) is 0. The number of nitrogens with zero attached hydrogens (tertiary/aromatic N) is 1. The predicted octanol–water partition coefficient (Wildman–Crippen LogP) is -1.60. The van der Waals surface area contributed by atoms with E-state index in [1.54, 1.807) is 6.92 Å². The predicted molar refractivity (Wildman–Crippen MR) is 61.7 cm³/mol. The monoisotopic (exact) mass is 272 g/mol. The SMILES string of the molecule is CCC([N+](CCO)(CCO)CCO)S(=O)(=O)O. The van der Waals surface area contributed by atoms with Crippen molar-refractivity contribution in [2.45, 2.75) is 18.7 Å². The Bertz CT molecular complexity index is 288. The molecule has 0 saturated carbocycles. The van der Waals surface area contributed by atoms with Crippen LogP contribution in [-0.2, 0) is 10.1 Å². The van der Waals surface area contributed by atoms with Crippen molar-refractivity contribution in [3.63, 3.8) is 0 Å². The fraction of sp³-hybridized carbons (Fsp3) is 1.00. The molecule has 0 aliphatic heterocycles. The molecule has 7 nitrogen and oxygen atoms in total. The maximum absolute atomic E-state index is 11.3. The van der Waals surface area contributed by atoms with Crippen molar-refractivity contribution in [3.05, 3.63) is 0 Å². The Labute approximate surface area is 102 Å². The van der Waals surface area contributed by atoms with E-state index in [1.807, 2.05) is 0 Å². The molecule has 0 aromatic rings. The largest absolute Gasteiger partial charge is 0.391 e.